The average Bonchev–Trinajstić information content (AvgIpc) is 2.96. The number of rotatable bonds is 3. The van der Waals surface area contributed by atoms with Crippen LogP contribution in [0.3, 0.4) is 0 Å². The molecule has 0 aliphatic rings. The Kier molecular flexibility index (Phi) is 4.74. The number of fused-ring (bicyclic) bond motifs is 1. The third-order valence-electron chi connectivity index (χ3n) is 4.27. The van der Waals surface area contributed by atoms with Crippen LogP contribution in [0.4, 0.5) is 5.69 Å². The quantitative estimate of drug-likeness (QED) is 0.718. The highest BCUT2D eigenvalue weighted by Gasteiger charge is 2.19. The van der Waals surface area contributed by atoms with Crippen molar-refractivity contribution >= 4 is 40.0 Å². The smallest absolute Gasteiger partial charge is 0.257 e. The number of ether oxygens (including phenoxy) is 1. The summed E-state index contributed by atoms with van der Waals surface area (Å²) < 4.78 is 6.70. The fraction of sp³-hybridized carbons (Fsp3) is 0.200. The number of anilines is 1. The summed E-state index contributed by atoms with van der Waals surface area (Å²) >= 11 is 6.29. The molecule has 5 nitrogen and oxygen atoms in total. The normalized spacial score (nSPS) is 10.8. The highest BCUT2D eigenvalue weighted by atomic mass is 35.5. The lowest BCUT2D eigenvalue weighted by molar-refractivity contribution is 0.0941. The molecule has 1 N–H and O–H groups in total. The highest BCUT2D eigenvalue weighted by Crippen LogP contribution is 2.30. The second kappa shape index (κ2) is 6.84. The molecule has 0 unspecified atom stereocenters. The maximum atomic E-state index is 12.9. The van der Waals surface area contributed by atoms with Crippen molar-refractivity contribution in [3.8, 4) is 5.75 Å². The first-order valence-corrected chi connectivity index (χ1v) is 8.47. The van der Waals surface area contributed by atoms with Crippen molar-refractivity contribution in [2.75, 3.05) is 12.4 Å². The number of aromatic nitrogens is 1. The Hall–Kier alpha value is -2.79. The number of halogens is 1. The van der Waals surface area contributed by atoms with Crippen LogP contribution in [-0.4, -0.2) is 23.5 Å². The molecule has 0 fully saturated rings. The minimum Gasteiger partial charge on any atom is -0.497 e. The van der Waals surface area contributed by atoms with Gasteiger partial charge >= 0.3 is 0 Å². The van der Waals surface area contributed by atoms with Crippen LogP contribution in [0.15, 0.2) is 36.5 Å². The van der Waals surface area contributed by atoms with Gasteiger partial charge in [0.25, 0.3) is 5.91 Å². The van der Waals surface area contributed by atoms with Gasteiger partial charge in [0.05, 0.1) is 28.9 Å². The van der Waals surface area contributed by atoms with Crippen LogP contribution in [0.25, 0.3) is 10.9 Å². The van der Waals surface area contributed by atoms with Crippen LogP contribution in [0.5, 0.6) is 5.75 Å². The molecule has 134 valence electrons. The second-order valence-electron chi connectivity index (χ2n) is 6.21. The SMILES string of the molecule is COc1ccc2c(c1)c(C(=O)Nc1c(C)cc(C)cc1Cl)cn2C(C)=O. The third kappa shape index (κ3) is 3.18. The van der Waals surface area contributed by atoms with Gasteiger partial charge in [-0.15, -0.1) is 0 Å². The van der Waals surface area contributed by atoms with Crippen LogP contribution in [0.1, 0.15) is 33.2 Å². The van der Waals surface area contributed by atoms with E-state index < -0.39 is 0 Å². The summed E-state index contributed by atoms with van der Waals surface area (Å²) in [5.41, 5.74) is 3.48. The first-order valence-electron chi connectivity index (χ1n) is 8.10. The number of nitrogens with zero attached hydrogens (tertiary/aromatic N) is 1. The Morgan fingerprint density at radius 2 is 1.88 bits per heavy atom. The van der Waals surface area contributed by atoms with Crippen LogP contribution in [0, 0.1) is 13.8 Å². The van der Waals surface area contributed by atoms with E-state index in [9.17, 15) is 9.59 Å². The van der Waals surface area contributed by atoms with Crippen molar-refractivity contribution in [3.63, 3.8) is 0 Å². The Morgan fingerprint density at radius 1 is 1.15 bits per heavy atom. The number of amides is 1. The van der Waals surface area contributed by atoms with E-state index in [1.165, 1.54) is 11.5 Å². The zero-order valence-corrected chi connectivity index (χ0v) is 15.8. The topological polar surface area (TPSA) is 60.3 Å². The molecule has 0 radical (unpaired) electrons. The molecule has 0 aliphatic carbocycles. The largest absolute Gasteiger partial charge is 0.497 e. The molecule has 3 rings (SSSR count). The maximum absolute atomic E-state index is 12.9. The van der Waals surface area contributed by atoms with Gasteiger partial charge < -0.3 is 10.1 Å². The first kappa shape index (κ1) is 18.0. The zero-order chi connectivity index (χ0) is 19.0. The summed E-state index contributed by atoms with van der Waals surface area (Å²) in [6, 6.07) is 9.00. The molecule has 2 aromatic carbocycles. The van der Waals surface area contributed by atoms with Gasteiger partial charge in [-0.1, -0.05) is 17.7 Å². The van der Waals surface area contributed by atoms with Gasteiger partial charge in [-0.3, -0.25) is 14.2 Å². The highest BCUT2D eigenvalue weighted by molar-refractivity contribution is 6.34. The number of methoxy groups -OCH3 is 1. The number of benzene rings is 2. The lowest BCUT2D eigenvalue weighted by atomic mass is 10.1. The first-order chi connectivity index (χ1) is 12.3. The predicted octanol–water partition coefficient (Wildman–Crippen LogP) is 4.83. The molecule has 26 heavy (non-hydrogen) atoms. The third-order valence-corrected chi connectivity index (χ3v) is 4.56. The Morgan fingerprint density at radius 3 is 2.50 bits per heavy atom. The fourth-order valence-corrected chi connectivity index (χ4v) is 3.40. The summed E-state index contributed by atoms with van der Waals surface area (Å²) in [6.07, 6.45) is 1.54. The number of carbonyl (C=O) groups excluding carboxylic acids is 2. The van der Waals surface area contributed by atoms with E-state index in [0.717, 1.165) is 11.1 Å². The molecule has 6 heteroatoms. The molecule has 0 atom stereocenters. The Labute approximate surface area is 156 Å². The average molecular weight is 371 g/mol. The van der Waals surface area contributed by atoms with Crippen LogP contribution >= 0.6 is 11.6 Å². The van der Waals surface area contributed by atoms with Crippen molar-refractivity contribution in [2.24, 2.45) is 0 Å². The van der Waals surface area contributed by atoms with Gasteiger partial charge in [-0.2, -0.15) is 0 Å². The molecular weight excluding hydrogens is 352 g/mol. The van der Waals surface area contributed by atoms with E-state index in [4.69, 9.17) is 16.3 Å². The molecule has 0 saturated carbocycles. The molecule has 1 heterocycles. The summed E-state index contributed by atoms with van der Waals surface area (Å²) in [5.74, 6) is 0.0956. The van der Waals surface area contributed by atoms with E-state index in [1.807, 2.05) is 19.9 Å². The summed E-state index contributed by atoms with van der Waals surface area (Å²) in [5, 5.41) is 3.98. The van der Waals surface area contributed by atoms with Gasteiger partial charge in [0, 0.05) is 18.5 Å². The van der Waals surface area contributed by atoms with E-state index in [2.05, 4.69) is 5.32 Å². The van der Waals surface area contributed by atoms with Gasteiger partial charge in [-0.05, 0) is 49.2 Å². The molecule has 0 aliphatic heterocycles. The molecule has 1 aromatic heterocycles. The van der Waals surface area contributed by atoms with Crippen LogP contribution < -0.4 is 10.1 Å². The predicted molar refractivity (Wildman–Crippen MR) is 104 cm³/mol. The van der Waals surface area contributed by atoms with Crippen molar-refractivity contribution < 1.29 is 14.3 Å². The standard InChI is InChI=1S/C20H19ClN2O3/c1-11-7-12(2)19(17(21)8-11)22-20(25)16-10-23(13(3)24)18-6-5-14(26-4)9-15(16)18/h5-10H,1-4H3,(H,22,25). The number of hydrogen-bond donors (Lipinski definition) is 1. The molecule has 0 saturated heterocycles. The van der Waals surface area contributed by atoms with Gasteiger partial charge in [0.15, 0.2) is 0 Å². The van der Waals surface area contributed by atoms with Crippen LogP contribution in [-0.2, 0) is 0 Å². The number of hydrogen-bond acceptors (Lipinski definition) is 3. The van der Waals surface area contributed by atoms with Gasteiger partial charge in [-0.25, -0.2) is 0 Å². The zero-order valence-electron chi connectivity index (χ0n) is 15.0. The Balaban J connectivity index is 2.10. The second-order valence-corrected chi connectivity index (χ2v) is 6.61. The lowest BCUT2D eigenvalue weighted by Crippen LogP contribution is -2.13. The van der Waals surface area contributed by atoms with Crippen molar-refractivity contribution in [1.82, 2.24) is 4.57 Å². The van der Waals surface area contributed by atoms with E-state index in [1.54, 1.807) is 37.6 Å². The van der Waals surface area contributed by atoms with E-state index >= 15 is 0 Å². The van der Waals surface area contributed by atoms with Gasteiger partial charge in [0.2, 0.25) is 5.91 Å². The molecule has 3 aromatic rings. The Bertz CT molecular complexity index is 1010. The van der Waals surface area contributed by atoms with Crippen LogP contribution in [0.2, 0.25) is 5.02 Å². The number of carbonyl (C=O) groups is 2. The molecule has 1 amide bonds. The van der Waals surface area contributed by atoms with Crippen molar-refractivity contribution in [2.45, 2.75) is 20.8 Å². The fourth-order valence-electron chi connectivity index (χ4n) is 3.03. The summed E-state index contributed by atoms with van der Waals surface area (Å²) in [4.78, 5) is 24.9. The monoisotopic (exact) mass is 370 g/mol. The van der Waals surface area contributed by atoms with E-state index in [0.29, 0.717) is 32.9 Å². The number of nitrogens with one attached hydrogen (secondary N) is 1. The number of aryl methyl sites for hydroxylation is 2. The minimum atomic E-state index is -0.336. The van der Waals surface area contributed by atoms with Crippen molar-refractivity contribution in [3.05, 3.63) is 58.2 Å². The van der Waals surface area contributed by atoms with Gasteiger partial charge in [0.1, 0.15) is 5.75 Å². The maximum Gasteiger partial charge on any atom is 0.257 e. The molecular formula is C20H19ClN2O3. The van der Waals surface area contributed by atoms with E-state index in [-0.39, 0.29) is 11.8 Å². The molecule has 0 spiro atoms. The summed E-state index contributed by atoms with van der Waals surface area (Å²) in [7, 11) is 1.55. The molecule has 0 bridgehead atoms. The van der Waals surface area contributed by atoms with Crippen molar-refractivity contribution in [1.29, 1.82) is 0 Å². The lowest BCUT2D eigenvalue weighted by Gasteiger charge is -2.11. The summed E-state index contributed by atoms with van der Waals surface area (Å²) in [6.45, 7) is 5.28. The minimum absolute atomic E-state index is 0.177.